The van der Waals surface area contributed by atoms with Gasteiger partial charge in [0.05, 0.1) is 16.3 Å². The van der Waals surface area contributed by atoms with E-state index in [0.717, 1.165) is 48.1 Å². The monoisotopic (exact) mass is 462 g/mol. The van der Waals surface area contributed by atoms with E-state index in [2.05, 4.69) is 48.5 Å². The van der Waals surface area contributed by atoms with Crippen LogP contribution in [0.25, 0.3) is 15.7 Å². The molecule has 33 heavy (non-hydrogen) atoms. The van der Waals surface area contributed by atoms with Gasteiger partial charge in [0, 0.05) is 24.3 Å². The molecule has 1 unspecified atom stereocenters. The molecule has 7 heteroatoms. The fraction of sp³-hybridized carbons (Fsp3) is 0.423. The van der Waals surface area contributed by atoms with E-state index in [0.29, 0.717) is 24.9 Å². The normalized spacial score (nSPS) is 15.8. The smallest absolute Gasteiger partial charge is 0.291 e. The highest BCUT2D eigenvalue weighted by Crippen LogP contribution is 2.30. The topological polar surface area (TPSA) is 68.4 Å². The molecule has 0 radical (unpaired) electrons. The molecule has 1 atom stereocenters. The van der Waals surface area contributed by atoms with E-state index in [1.54, 1.807) is 16.0 Å². The summed E-state index contributed by atoms with van der Waals surface area (Å²) in [7, 11) is 0. The van der Waals surface area contributed by atoms with Crippen LogP contribution in [0, 0.1) is 0 Å². The summed E-state index contributed by atoms with van der Waals surface area (Å²) in [5.41, 5.74) is 4.24. The first-order valence-electron chi connectivity index (χ1n) is 12.0. The van der Waals surface area contributed by atoms with Gasteiger partial charge in [-0.25, -0.2) is 4.68 Å². The van der Waals surface area contributed by atoms with Gasteiger partial charge in [0.15, 0.2) is 0 Å². The second-order valence-electron chi connectivity index (χ2n) is 8.79. The molecule has 1 N–H and O–H groups in total. The first-order chi connectivity index (χ1) is 16.1. The van der Waals surface area contributed by atoms with E-state index >= 15 is 0 Å². The lowest BCUT2D eigenvalue weighted by Crippen LogP contribution is -2.31. The first kappa shape index (κ1) is 21.9. The van der Waals surface area contributed by atoms with Crippen LogP contribution in [-0.4, -0.2) is 20.1 Å². The summed E-state index contributed by atoms with van der Waals surface area (Å²) >= 11 is 1.74. The molecule has 1 amide bonds. The van der Waals surface area contributed by atoms with Crippen molar-refractivity contribution < 1.29 is 4.79 Å². The Labute approximate surface area is 197 Å². The molecule has 3 aromatic heterocycles. The lowest BCUT2D eigenvalue weighted by Gasteiger charge is -2.26. The number of benzene rings is 1. The highest BCUT2D eigenvalue weighted by atomic mass is 32.1. The van der Waals surface area contributed by atoms with E-state index in [1.807, 2.05) is 16.5 Å². The molecule has 0 saturated carbocycles. The third-order valence-electron chi connectivity index (χ3n) is 6.63. The average Bonchev–Trinajstić information content (AvgIpc) is 3.39. The van der Waals surface area contributed by atoms with Crippen LogP contribution in [-0.2, 0) is 30.6 Å². The maximum atomic E-state index is 13.1. The van der Waals surface area contributed by atoms with Crippen molar-refractivity contribution in [2.45, 2.75) is 71.4 Å². The summed E-state index contributed by atoms with van der Waals surface area (Å²) in [6.07, 6.45) is 5.84. The number of hydrogen-bond donors (Lipinski definition) is 1. The molecule has 6 nitrogen and oxygen atoms in total. The van der Waals surface area contributed by atoms with Crippen LogP contribution >= 0.6 is 11.3 Å². The zero-order valence-corrected chi connectivity index (χ0v) is 20.1. The maximum Gasteiger partial charge on any atom is 0.291 e. The zero-order chi connectivity index (χ0) is 22.9. The summed E-state index contributed by atoms with van der Waals surface area (Å²) in [5, 5.41) is 7.86. The molecular weight excluding hydrogens is 432 g/mol. The largest absolute Gasteiger partial charge is 0.349 e. The van der Waals surface area contributed by atoms with Gasteiger partial charge in [0.2, 0.25) is 5.91 Å². The van der Waals surface area contributed by atoms with Crippen LogP contribution in [0.5, 0.6) is 0 Å². The number of carbonyl (C=O) groups excluding carboxylic acids is 1. The Kier molecular flexibility index (Phi) is 6.06. The Morgan fingerprint density at radius 2 is 2.03 bits per heavy atom. The van der Waals surface area contributed by atoms with Crippen LogP contribution in [0.2, 0.25) is 0 Å². The summed E-state index contributed by atoms with van der Waals surface area (Å²) in [4.78, 5) is 27.1. The summed E-state index contributed by atoms with van der Waals surface area (Å²) < 4.78 is 4.68. The molecule has 0 fully saturated rings. The number of aryl methyl sites for hydroxylation is 4. The number of nitrogens with one attached hydrogen (secondary N) is 1. The van der Waals surface area contributed by atoms with Gasteiger partial charge in [-0.1, -0.05) is 38.1 Å². The number of nitrogens with zero attached hydrogens (tertiary/aromatic N) is 3. The predicted molar refractivity (Wildman–Crippen MR) is 133 cm³/mol. The Balaban J connectivity index is 1.29. The number of fused-ring (bicyclic) bond motifs is 4. The molecule has 3 heterocycles. The highest BCUT2D eigenvalue weighted by molar-refractivity contribution is 7.19. The molecule has 1 aromatic carbocycles. The number of thiophene rings is 1. The van der Waals surface area contributed by atoms with Crippen molar-refractivity contribution in [3.05, 3.63) is 68.6 Å². The van der Waals surface area contributed by atoms with Crippen molar-refractivity contribution in [3.8, 4) is 0 Å². The molecule has 4 aromatic rings. The minimum atomic E-state index is -0.0877. The Hall–Kier alpha value is -2.93. The van der Waals surface area contributed by atoms with Gasteiger partial charge in [-0.05, 0) is 55.4 Å². The lowest BCUT2D eigenvalue weighted by molar-refractivity contribution is -0.122. The van der Waals surface area contributed by atoms with Crippen LogP contribution in [0.15, 0.2) is 41.2 Å². The fourth-order valence-electron chi connectivity index (χ4n) is 4.95. The van der Waals surface area contributed by atoms with E-state index in [4.69, 9.17) is 0 Å². The Morgan fingerprint density at radius 3 is 2.85 bits per heavy atom. The molecule has 0 bridgehead atoms. The molecule has 1 aliphatic carbocycles. The van der Waals surface area contributed by atoms with E-state index in [1.165, 1.54) is 16.0 Å². The fourth-order valence-corrected chi connectivity index (χ4v) is 5.98. The van der Waals surface area contributed by atoms with Crippen LogP contribution in [0.4, 0.5) is 0 Å². The second kappa shape index (κ2) is 9.14. The summed E-state index contributed by atoms with van der Waals surface area (Å²) in [5.74, 6) is 0.917. The summed E-state index contributed by atoms with van der Waals surface area (Å²) in [6, 6.07) is 12.6. The highest BCUT2D eigenvalue weighted by Gasteiger charge is 2.21. The molecule has 0 saturated heterocycles. The van der Waals surface area contributed by atoms with Crippen molar-refractivity contribution in [1.29, 1.82) is 0 Å². The molecule has 0 spiro atoms. The number of rotatable bonds is 7. The lowest BCUT2D eigenvalue weighted by atomic mass is 9.87. The van der Waals surface area contributed by atoms with Crippen molar-refractivity contribution >= 4 is 33.0 Å². The third kappa shape index (κ3) is 4.10. The van der Waals surface area contributed by atoms with Gasteiger partial charge in [-0.15, -0.1) is 11.3 Å². The maximum absolute atomic E-state index is 13.1. The van der Waals surface area contributed by atoms with Gasteiger partial charge >= 0.3 is 0 Å². The Bertz CT molecular complexity index is 1380. The number of carbonyl (C=O) groups is 1. The molecule has 0 aliphatic heterocycles. The van der Waals surface area contributed by atoms with E-state index < -0.39 is 0 Å². The molecular formula is C26H30N4O2S. The Morgan fingerprint density at radius 1 is 1.18 bits per heavy atom. The third-order valence-corrected chi connectivity index (χ3v) is 7.85. The standard InChI is InChI=1S/C26H30N4O2S/c1-3-18-15-21-23(33-18)16-22-26(32)29(28-24(4-2)30(21)22)14-8-13-25(31)27-20-12-7-10-17-9-5-6-11-19(17)20/h5-6,9,11,15-16,20H,3-4,7-8,10,12-14H2,1-2H3,(H,27,31). The van der Waals surface area contributed by atoms with Crippen molar-refractivity contribution in [1.82, 2.24) is 19.5 Å². The van der Waals surface area contributed by atoms with Crippen LogP contribution in [0.1, 0.15) is 67.4 Å². The van der Waals surface area contributed by atoms with Crippen molar-refractivity contribution in [2.24, 2.45) is 0 Å². The zero-order valence-electron chi connectivity index (χ0n) is 19.3. The van der Waals surface area contributed by atoms with E-state index in [-0.39, 0.29) is 17.5 Å². The number of amides is 1. The number of aromatic nitrogens is 3. The van der Waals surface area contributed by atoms with Crippen LogP contribution in [0.3, 0.4) is 0 Å². The second-order valence-corrected chi connectivity index (χ2v) is 9.96. The van der Waals surface area contributed by atoms with Gasteiger partial charge in [-0.2, -0.15) is 5.10 Å². The van der Waals surface area contributed by atoms with Gasteiger partial charge in [-0.3, -0.25) is 14.0 Å². The quantitative estimate of drug-likeness (QED) is 0.429. The minimum absolute atomic E-state index is 0.0387. The van der Waals surface area contributed by atoms with Gasteiger partial charge < -0.3 is 5.32 Å². The molecule has 172 valence electrons. The number of hydrogen-bond acceptors (Lipinski definition) is 4. The first-order valence-corrected chi connectivity index (χ1v) is 12.8. The van der Waals surface area contributed by atoms with Gasteiger partial charge in [0.1, 0.15) is 11.3 Å². The van der Waals surface area contributed by atoms with E-state index in [9.17, 15) is 9.59 Å². The van der Waals surface area contributed by atoms with Crippen molar-refractivity contribution in [3.63, 3.8) is 0 Å². The predicted octanol–water partition coefficient (Wildman–Crippen LogP) is 4.81. The molecule has 1 aliphatic rings. The minimum Gasteiger partial charge on any atom is -0.349 e. The summed E-state index contributed by atoms with van der Waals surface area (Å²) in [6.45, 7) is 4.65. The SMILES string of the molecule is CCc1cc2c(cc3c(=O)n(CCCC(=O)NC4CCCc5ccccc54)nc(CC)n32)s1. The van der Waals surface area contributed by atoms with Crippen molar-refractivity contribution in [2.75, 3.05) is 0 Å². The molecule has 5 rings (SSSR count). The van der Waals surface area contributed by atoms with Crippen LogP contribution < -0.4 is 10.9 Å². The van der Waals surface area contributed by atoms with Gasteiger partial charge in [0.25, 0.3) is 5.56 Å². The average molecular weight is 463 g/mol.